The van der Waals surface area contributed by atoms with Crippen molar-refractivity contribution in [2.24, 2.45) is 0 Å². The second kappa shape index (κ2) is 10.3. The molecule has 1 aromatic heterocycles. The summed E-state index contributed by atoms with van der Waals surface area (Å²) in [6.07, 6.45) is 5.89. The zero-order valence-electron chi connectivity index (χ0n) is 20.6. The van der Waals surface area contributed by atoms with Crippen LogP contribution in [-0.4, -0.2) is 48.9 Å². The van der Waals surface area contributed by atoms with Crippen molar-refractivity contribution < 1.29 is 19.4 Å². The summed E-state index contributed by atoms with van der Waals surface area (Å²) in [6.45, 7) is 1.97. The molecule has 1 atom stereocenters. The highest BCUT2D eigenvalue weighted by Gasteiger charge is 2.21. The number of β-amino-alcohol motifs (C(OH)–C–C–N with tert-alkyl or cyclic N) is 1. The van der Waals surface area contributed by atoms with Crippen molar-refractivity contribution in [1.82, 2.24) is 4.57 Å². The number of aromatic nitrogens is 1. The Morgan fingerprint density at radius 3 is 2.61 bits per heavy atom. The van der Waals surface area contributed by atoms with E-state index in [4.69, 9.17) is 9.47 Å². The fourth-order valence-corrected chi connectivity index (χ4v) is 4.95. The van der Waals surface area contributed by atoms with Crippen molar-refractivity contribution in [1.29, 1.82) is 0 Å². The van der Waals surface area contributed by atoms with Crippen LogP contribution in [0.15, 0.2) is 79.0 Å². The molecule has 0 saturated heterocycles. The third kappa shape index (κ3) is 4.72. The van der Waals surface area contributed by atoms with Gasteiger partial charge in [0.15, 0.2) is 17.3 Å². The van der Waals surface area contributed by atoms with Crippen molar-refractivity contribution in [2.75, 3.05) is 32.2 Å². The standard InChI is InChI=1S/C30H30N2O4/c1-35-29-14-12-22(17-30(29)36-2)28(34)13-11-23-18-32(27-10-6-4-8-25(23)27)20-24(33)19-31-16-15-21-7-3-5-9-26(21)31/h3-14,17-18,24,33H,15-16,19-20H2,1-2H3/b13-11+/t24-/m0/s1. The van der Waals surface area contributed by atoms with Gasteiger partial charge < -0.3 is 24.0 Å². The Morgan fingerprint density at radius 1 is 1.00 bits per heavy atom. The monoisotopic (exact) mass is 482 g/mol. The molecular weight excluding hydrogens is 452 g/mol. The molecule has 0 bridgehead atoms. The van der Waals surface area contributed by atoms with E-state index in [0.717, 1.165) is 29.4 Å². The van der Waals surface area contributed by atoms with Crippen LogP contribution < -0.4 is 14.4 Å². The number of carbonyl (C=O) groups excluding carboxylic acids is 1. The van der Waals surface area contributed by atoms with Crippen molar-refractivity contribution in [3.63, 3.8) is 0 Å². The predicted molar refractivity (Wildman–Crippen MR) is 143 cm³/mol. The molecule has 1 aliphatic heterocycles. The van der Waals surface area contributed by atoms with Crippen molar-refractivity contribution in [3.8, 4) is 11.5 Å². The second-order valence-corrected chi connectivity index (χ2v) is 9.00. The van der Waals surface area contributed by atoms with Crippen LogP contribution in [0.25, 0.3) is 17.0 Å². The second-order valence-electron chi connectivity index (χ2n) is 9.00. The average Bonchev–Trinajstić information content (AvgIpc) is 3.48. The normalized spacial score (nSPS) is 13.8. The highest BCUT2D eigenvalue weighted by Crippen LogP contribution is 2.29. The quantitative estimate of drug-likeness (QED) is 0.269. The molecule has 6 heteroatoms. The van der Waals surface area contributed by atoms with Crippen LogP contribution in [0.4, 0.5) is 5.69 Å². The Balaban J connectivity index is 1.34. The summed E-state index contributed by atoms with van der Waals surface area (Å²) in [5.74, 6) is 0.973. The van der Waals surface area contributed by atoms with E-state index in [2.05, 4.69) is 27.7 Å². The molecule has 5 rings (SSSR count). The van der Waals surface area contributed by atoms with Crippen LogP contribution in [0.3, 0.4) is 0 Å². The fourth-order valence-electron chi connectivity index (χ4n) is 4.95. The fraction of sp³-hybridized carbons (Fsp3) is 0.233. The number of nitrogens with zero attached hydrogens (tertiary/aromatic N) is 2. The van der Waals surface area contributed by atoms with Crippen LogP contribution in [-0.2, 0) is 13.0 Å². The van der Waals surface area contributed by atoms with E-state index >= 15 is 0 Å². The van der Waals surface area contributed by atoms with E-state index in [9.17, 15) is 9.90 Å². The topological polar surface area (TPSA) is 63.9 Å². The first-order valence-corrected chi connectivity index (χ1v) is 12.1. The van der Waals surface area contributed by atoms with Gasteiger partial charge in [0.25, 0.3) is 0 Å². The van der Waals surface area contributed by atoms with Crippen LogP contribution >= 0.6 is 0 Å². The molecule has 184 valence electrons. The Bertz CT molecular complexity index is 1420. The molecule has 36 heavy (non-hydrogen) atoms. The van der Waals surface area contributed by atoms with E-state index in [1.165, 1.54) is 11.3 Å². The number of fused-ring (bicyclic) bond motifs is 2. The molecule has 0 radical (unpaired) electrons. The molecule has 4 aromatic rings. The number of aliphatic hydroxyl groups is 1. The van der Waals surface area contributed by atoms with E-state index < -0.39 is 6.10 Å². The van der Waals surface area contributed by atoms with Gasteiger partial charge in [-0.2, -0.15) is 0 Å². The Kier molecular flexibility index (Phi) is 6.78. The highest BCUT2D eigenvalue weighted by molar-refractivity contribution is 6.08. The maximum absolute atomic E-state index is 12.9. The Labute approximate surface area is 211 Å². The highest BCUT2D eigenvalue weighted by atomic mass is 16.5. The number of ether oxygens (including phenoxy) is 2. The van der Waals surface area contributed by atoms with Gasteiger partial charge in [0.1, 0.15) is 0 Å². The van der Waals surface area contributed by atoms with Gasteiger partial charge in [-0.15, -0.1) is 0 Å². The number of hydrogen-bond donors (Lipinski definition) is 1. The maximum atomic E-state index is 12.9. The third-order valence-corrected chi connectivity index (χ3v) is 6.72. The number of methoxy groups -OCH3 is 2. The van der Waals surface area contributed by atoms with Gasteiger partial charge >= 0.3 is 0 Å². The van der Waals surface area contributed by atoms with Crippen molar-refractivity contribution >= 4 is 28.4 Å². The summed E-state index contributed by atoms with van der Waals surface area (Å²) in [4.78, 5) is 15.1. The minimum Gasteiger partial charge on any atom is -0.493 e. The minimum absolute atomic E-state index is 0.125. The first kappa shape index (κ1) is 23.7. The number of anilines is 1. The lowest BCUT2D eigenvalue weighted by atomic mass is 10.1. The zero-order chi connectivity index (χ0) is 25.1. The van der Waals surface area contributed by atoms with Gasteiger partial charge in [-0.25, -0.2) is 0 Å². The number of carbonyl (C=O) groups is 1. The summed E-state index contributed by atoms with van der Waals surface area (Å²) < 4.78 is 12.7. The SMILES string of the molecule is COc1ccc(C(=O)/C=C/c2cn(C[C@@H](O)CN3CCc4ccccc43)c3ccccc23)cc1OC. The lowest BCUT2D eigenvalue weighted by Gasteiger charge is -2.23. The largest absolute Gasteiger partial charge is 0.493 e. The van der Waals surface area contributed by atoms with Crippen LogP contribution in [0, 0.1) is 0 Å². The lowest BCUT2D eigenvalue weighted by Crippen LogP contribution is -2.33. The molecule has 1 N–H and O–H groups in total. The summed E-state index contributed by atoms with van der Waals surface area (Å²) in [5.41, 5.74) is 5.03. The minimum atomic E-state index is -0.530. The maximum Gasteiger partial charge on any atom is 0.185 e. The Hall–Kier alpha value is -4.03. The molecule has 6 nitrogen and oxygen atoms in total. The molecule has 3 aromatic carbocycles. The molecule has 0 aliphatic carbocycles. The number of benzene rings is 3. The molecule has 1 aliphatic rings. The molecule has 0 amide bonds. The third-order valence-electron chi connectivity index (χ3n) is 6.72. The first-order chi connectivity index (χ1) is 17.6. The van der Waals surface area contributed by atoms with Crippen LogP contribution in [0.1, 0.15) is 21.5 Å². The molecule has 0 saturated carbocycles. The molecule has 0 spiro atoms. The van der Waals surface area contributed by atoms with Crippen molar-refractivity contribution in [2.45, 2.75) is 19.1 Å². The van der Waals surface area contributed by atoms with Gasteiger partial charge in [-0.3, -0.25) is 4.79 Å². The average molecular weight is 483 g/mol. The number of ketones is 1. The smallest absolute Gasteiger partial charge is 0.185 e. The van der Waals surface area contributed by atoms with Crippen LogP contribution in [0.2, 0.25) is 0 Å². The van der Waals surface area contributed by atoms with Gasteiger partial charge in [0, 0.05) is 47.0 Å². The molecular formula is C30H30N2O4. The van der Waals surface area contributed by atoms with Gasteiger partial charge in [0.05, 0.1) is 26.9 Å². The number of allylic oxidation sites excluding steroid dienone is 1. The number of hydrogen-bond acceptors (Lipinski definition) is 5. The number of para-hydroxylation sites is 2. The van der Waals surface area contributed by atoms with E-state index in [0.29, 0.717) is 30.2 Å². The summed E-state index contributed by atoms with van der Waals surface area (Å²) in [7, 11) is 3.11. The van der Waals surface area contributed by atoms with Gasteiger partial charge in [-0.05, 0) is 54.5 Å². The van der Waals surface area contributed by atoms with Crippen molar-refractivity contribution in [3.05, 3.63) is 95.7 Å². The van der Waals surface area contributed by atoms with E-state index in [-0.39, 0.29) is 5.78 Å². The summed E-state index contributed by atoms with van der Waals surface area (Å²) in [5, 5.41) is 12.0. The molecule has 2 heterocycles. The molecule has 0 unspecified atom stereocenters. The summed E-state index contributed by atoms with van der Waals surface area (Å²) in [6, 6.07) is 21.6. The molecule has 0 fully saturated rings. The van der Waals surface area contributed by atoms with Crippen LogP contribution in [0.5, 0.6) is 11.5 Å². The van der Waals surface area contributed by atoms with Gasteiger partial charge in [0.2, 0.25) is 0 Å². The Morgan fingerprint density at radius 2 is 1.78 bits per heavy atom. The van der Waals surface area contributed by atoms with E-state index in [1.54, 1.807) is 38.5 Å². The lowest BCUT2D eigenvalue weighted by molar-refractivity contribution is 0.104. The number of aliphatic hydroxyl groups excluding tert-OH is 1. The first-order valence-electron chi connectivity index (χ1n) is 12.1. The predicted octanol–water partition coefficient (Wildman–Crippen LogP) is 4.98. The zero-order valence-corrected chi connectivity index (χ0v) is 20.6. The summed E-state index contributed by atoms with van der Waals surface area (Å²) >= 11 is 0. The van der Waals surface area contributed by atoms with E-state index in [1.807, 2.05) is 42.6 Å². The van der Waals surface area contributed by atoms with Gasteiger partial charge in [-0.1, -0.05) is 36.4 Å². The number of rotatable bonds is 9.